The second-order valence-electron chi connectivity index (χ2n) is 6.03. The highest BCUT2D eigenvalue weighted by molar-refractivity contribution is 7.98. The monoisotopic (exact) mass is 388 g/mol. The molecule has 0 aliphatic heterocycles. The van der Waals surface area contributed by atoms with Gasteiger partial charge in [-0.1, -0.05) is 17.7 Å². The first-order chi connectivity index (χ1) is 12.4. The van der Waals surface area contributed by atoms with E-state index in [2.05, 4.69) is 42.0 Å². The van der Waals surface area contributed by atoms with Gasteiger partial charge in [0.15, 0.2) is 0 Å². The number of carbonyl (C=O) groups excluding carboxylic acids is 1. The highest BCUT2D eigenvalue weighted by Crippen LogP contribution is 2.29. The molecule has 0 radical (unpaired) electrons. The number of aromatic amines is 1. The molecular weight excluding hydrogens is 368 g/mol. The van der Waals surface area contributed by atoms with Crippen LogP contribution in [0.2, 0.25) is 0 Å². The number of hydrogen-bond acceptors (Lipinski definition) is 6. The first-order valence-corrected chi connectivity index (χ1v) is 10.1. The standard InChI is InChI=1S/C19H20N2O3S2/c1-5-24-19(23)16-12(4)15-17(22)20-14(21-18(15)26-16)9-25-13-8-10(2)6-7-11(13)3/h6-8H,5,9H2,1-4H3,(H,20,21,22). The second-order valence-corrected chi connectivity index (χ2v) is 8.04. The molecule has 2 aromatic heterocycles. The first kappa shape index (κ1) is 18.7. The highest BCUT2D eigenvalue weighted by atomic mass is 32.2. The van der Waals surface area contributed by atoms with Gasteiger partial charge in [0.2, 0.25) is 0 Å². The molecule has 0 aliphatic carbocycles. The smallest absolute Gasteiger partial charge is 0.348 e. The van der Waals surface area contributed by atoms with Crippen molar-refractivity contribution in [3.63, 3.8) is 0 Å². The number of rotatable bonds is 5. The molecule has 26 heavy (non-hydrogen) atoms. The molecule has 0 saturated carbocycles. The largest absolute Gasteiger partial charge is 0.462 e. The third-order valence-electron chi connectivity index (χ3n) is 4.02. The molecule has 0 aliphatic rings. The van der Waals surface area contributed by atoms with Gasteiger partial charge in [-0.3, -0.25) is 4.79 Å². The zero-order valence-corrected chi connectivity index (χ0v) is 16.8. The summed E-state index contributed by atoms with van der Waals surface area (Å²) >= 11 is 2.85. The van der Waals surface area contributed by atoms with Gasteiger partial charge in [-0.15, -0.1) is 23.1 Å². The van der Waals surface area contributed by atoms with Gasteiger partial charge in [-0.25, -0.2) is 9.78 Å². The van der Waals surface area contributed by atoms with Crippen molar-refractivity contribution in [3.05, 3.63) is 55.9 Å². The SMILES string of the molecule is CCOC(=O)c1sc2nc(CSc3cc(C)ccc3C)[nH]c(=O)c2c1C. The number of ether oxygens (including phenoxy) is 1. The van der Waals surface area contributed by atoms with Gasteiger partial charge in [-0.2, -0.15) is 0 Å². The molecule has 0 saturated heterocycles. The van der Waals surface area contributed by atoms with Gasteiger partial charge in [0.05, 0.1) is 17.7 Å². The lowest BCUT2D eigenvalue weighted by molar-refractivity contribution is 0.0531. The van der Waals surface area contributed by atoms with Crippen molar-refractivity contribution in [1.29, 1.82) is 0 Å². The summed E-state index contributed by atoms with van der Waals surface area (Å²) in [6.45, 7) is 7.94. The van der Waals surface area contributed by atoms with Gasteiger partial charge in [0.1, 0.15) is 15.5 Å². The van der Waals surface area contributed by atoms with Crippen LogP contribution in [0.25, 0.3) is 10.2 Å². The molecule has 5 nitrogen and oxygen atoms in total. The van der Waals surface area contributed by atoms with E-state index in [-0.39, 0.29) is 5.56 Å². The number of fused-ring (bicyclic) bond motifs is 1. The number of nitrogens with one attached hydrogen (secondary N) is 1. The molecule has 0 amide bonds. The van der Waals surface area contributed by atoms with Crippen molar-refractivity contribution in [1.82, 2.24) is 9.97 Å². The van der Waals surface area contributed by atoms with E-state index < -0.39 is 5.97 Å². The first-order valence-electron chi connectivity index (χ1n) is 8.30. The predicted molar refractivity (Wildman–Crippen MR) is 106 cm³/mol. The highest BCUT2D eigenvalue weighted by Gasteiger charge is 2.20. The van der Waals surface area contributed by atoms with Crippen LogP contribution in [-0.4, -0.2) is 22.5 Å². The normalized spacial score (nSPS) is 11.1. The molecule has 3 aromatic rings. The third kappa shape index (κ3) is 3.68. The quantitative estimate of drug-likeness (QED) is 0.519. The Morgan fingerprint density at radius 2 is 2.08 bits per heavy atom. The summed E-state index contributed by atoms with van der Waals surface area (Å²) < 4.78 is 5.07. The Morgan fingerprint density at radius 3 is 2.81 bits per heavy atom. The molecule has 0 bridgehead atoms. The number of esters is 1. The second kappa shape index (κ2) is 7.63. The Hall–Kier alpha value is -2.12. The maximum atomic E-state index is 12.5. The van der Waals surface area contributed by atoms with E-state index >= 15 is 0 Å². The molecule has 0 atom stereocenters. The number of nitrogens with zero attached hydrogens (tertiary/aromatic N) is 1. The Kier molecular flexibility index (Phi) is 5.48. The van der Waals surface area contributed by atoms with Crippen molar-refractivity contribution in [2.45, 2.75) is 38.3 Å². The van der Waals surface area contributed by atoms with E-state index in [1.54, 1.807) is 25.6 Å². The Balaban J connectivity index is 1.92. The van der Waals surface area contributed by atoms with Crippen LogP contribution in [0.15, 0.2) is 27.9 Å². The number of benzene rings is 1. The lowest BCUT2D eigenvalue weighted by Crippen LogP contribution is -2.11. The van der Waals surface area contributed by atoms with Crippen LogP contribution in [0.5, 0.6) is 0 Å². The average Bonchev–Trinajstić information content (AvgIpc) is 2.93. The summed E-state index contributed by atoms with van der Waals surface area (Å²) in [5.41, 5.74) is 2.81. The minimum absolute atomic E-state index is 0.212. The molecule has 0 spiro atoms. The molecule has 1 N–H and O–H groups in total. The van der Waals surface area contributed by atoms with Gasteiger partial charge in [-0.05, 0) is 44.9 Å². The van der Waals surface area contributed by atoms with Crippen molar-refractivity contribution >= 4 is 39.3 Å². The van der Waals surface area contributed by atoms with E-state index in [1.807, 2.05) is 0 Å². The maximum Gasteiger partial charge on any atom is 0.348 e. The maximum absolute atomic E-state index is 12.5. The van der Waals surface area contributed by atoms with Gasteiger partial charge in [0.25, 0.3) is 5.56 Å². The van der Waals surface area contributed by atoms with Crippen LogP contribution < -0.4 is 5.56 Å². The number of aryl methyl sites for hydroxylation is 3. The summed E-state index contributed by atoms with van der Waals surface area (Å²) in [5, 5.41) is 0.471. The molecule has 1 aromatic carbocycles. The van der Waals surface area contributed by atoms with Gasteiger partial charge in [0, 0.05) is 4.90 Å². The molecular formula is C19H20N2O3S2. The Bertz CT molecular complexity index is 1040. The summed E-state index contributed by atoms with van der Waals surface area (Å²) in [5.74, 6) is 0.755. The fraction of sp³-hybridized carbons (Fsp3) is 0.316. The molecule has 136 valence electrons. The van der Waals surface area contributed by atoms with E-state index in [4.69, 9.17) is 4.74 Å². The number of H-pyrrole nitrogens is 1. The van der Waals surface area contributed by atoms with Crippen molar-refractivity contribution in [2.75, 3.05) is 6.61 Å². The summed E-state index contributed by atoms with van der Waals surface area (Å²) in [6.07, 6.45) is 0. The summed E-state index contributed by atoms with van der Waals surface area (Å²) in [4.78, 5) is 34.1. The Morgan fingerprint density at radius 1 is 1.31 bits per heavy atom. The topological polar surface area (TPSA) is 72.0 Å². The van der Waals surface area contributed by atoms with Crippen LogP contribution >= 0.6 is 23.1 Å². The van der Waals surface area contributed by atoms with E-state index in [1.165, 1.54) is 27.4 Å². The van der Waals surface area contributed by atoms with E-state index in [9.17, 15) is 9.59 Å². The van der Waals surface area contributed by atoms with Gasteiger partial charge < -0.3 is 9.72 Å². The molecule has 3 rings (SSSR count). The number of carbonyl (C=O) groups is 1. The zero-order valence-electron chi connectivity index (χ0n) is 15.1. The summed E-state index contributed by atoms with van der Waals surface area (Å²) in [6, 6.07) is 6.30. The fourth-order valence-corrected chi connectivity index (χ4v) is 4.75. The van der Waals surface area contributed by atoms with Gasteiger partial charge >= 0.3 is 5.97 Å². The molecule has 0 fully saturated rings. The van der Waals surface area contributed by atoms with Crippen LogP contribution in [0.3, 0.4) is 0 Å². The Labute approximate surface area is 159 Å². The minimum Gasteiger partial charge on any atom is -0.462 e. The third-order valence-corrected chi connectivity index (χ3v) is 6.35. The van der Waals surface area contributed by atoms with E-state index in [0.29, 0.717) is 38.8 Å². The lowest BCUT2D eigenvalue weighted by Gasteiger charge is -2.06. The molecule has 0 unspecified atom stereocenters. The van der Waals surface area contributed by atoms with Crippen LogP contribution in [-0.2, 0) is 10.5 Å². The number of thioether (sulfide) groups is 1. The zero-order chi connectivity index (χ0) is 18.8. The number of hydrogen-bond donors (Lipinski definition) is 1. The summed E-state index contributed by atoms with van der Waals surface area (Å²) in [7, 11) is 0. The number of aromatic nitrogens is 2. The predicted octanol–water partition coefficient (Wildman–Crippen LogP) is 4.38. The average molecular weight is 389 g/mol. The van der Waals surface area contributed by atoms with Crippen molar-refractivity contribution < 1.29 is 9.53 Å². The van der Waals surface area contributed by atoms with Crippen LogP contribution in [0.4, 0.5) is 0 Å². The molecule has 2 heterocycles. The minimum atomic E-state index is -0.404. The van der Waals surface area contributed by atoms with Crippen molar-refractivity contribution in [2.24, 2.45) is 0 Å². The van der Waals surface area contributed by atoms with Crippen molar-refractivity contribution in [3.8, 4) is 0 Å². The van der Waals surface area contributed by atoms with E-state index in [0.717, 1.165) is 0 Å². The van der Waals surface area contributed by atoms with Crippen LogP contribution in [0, 0.1) is 20.8 Å². The molecule has 7 heteroatoms. The fourth-order valence-electron chi connectivity index (χ4n) is 2.66. The lowest BCUT2D eigenvalue weighted by atomic mass is 10.2. The van der Waals surface area contributed by atoms with Crippen LogP contribution in [0.1, 0.15) is 39.1 Å². The number of thiophene rings is 1.